The van der Waals surface area contributed by atoms with Crippen LogP contribution in [0.4, 0.5) is 5.69 Å². The van der Waals surface area contributed by atoms with Gasteiger partial charge in [-0.3, -0.25) is 24.5 Å². The van der Waals surface area contributed by atoms with Crippen molar-refractivity contribution in [3.63, 3.8) is 0 Å². The van der Waals surface area contributed by atoms with Gasteiger partial charge in [0.2, 0.25) is 5.91 Å². The fourth-order valence-corrected chi connectivity index (χ4v) is 3.26. The first-order valence-electron chi connectivity index (χ1n) is 8.27. The maximum atomic E-state index is 12.7. The number of methoxy groups -OCH3 is 1. The van der Waals surface area contributed by atoms with Crippen LogP contribution < -0.4 is 10.1 Å². The molecule has 0 aromatic heterocycles. The average molecular weight is 403 g/mol. The van der Waals surface area contributed by atoms with E-state index in [2.05, 4.69) is 5.32 Å². The van der Waals surface area contributed by atoms with Crippen molar-refractivity contribution in [1.82, 2.24) is 5.32 Å². The Labute approximate surface area is 164 Å². The van der Waals surface area contributed by atoms with Crippen LogP contribution >= 0.6 is 11.6 Å². The third kappa shape index (κ3) is 3.72. The molecule has 8 nitrogen and oxygen atoms in total. The molecule has 2 aromatic rings. The molecule has 0 bridgehead atoms. The fourth-order valence-electron chi connectivity index (χ4n) is 3.09. The summed E-state index contributed by atoms with van der Waals surface area (Å²) in [5.74, 6) is -3.31. The zero-order valence-electron chi connectivity index (χ0n) is 14.7. The van der Waals surface area contributed by atoms with Gasteiger partial charge in [-0.1, -0.05) is 23.7 Å². The smallest absolute Gasteiger partial charge is 0.281 e. The van der Waals surface area contributed by atoms with Crippen LogP contribution in [-0.4, -0.2) is 29.5 Å². The molecule has 3 rings (SSSR count). The molecule has 1 fully saturated rings. The van der Waals surface area contributed by atoms with Gasteiger partial charge in [-0.15, -0.1) is 0 Å². The Bertz CT molecular complexity index is 955. The Morgan fingerprint density at radius 1 is 1.21 bits per heavy atom. The molecule has 1 aliphatic rings. The van der Waals surface area contributed by atoms with Crippen molar-refractivity contribution < 1.29 is 24.0 Å². The van der Waals surface area contributed by atoms with E-state index in [1.165, 1.54) is 13.2 Å². The summed E-state index contributed by atoms with van der Waals surface area (Å²) >= 11 is 5.75. The molecule has 1 saturated heterocycles. The lowest BCUT2D eigenvalue weighted by Crippen LogP contribution is -2.48. The van der Waals surface area contributed by atoms with Crippen LogP contribution in [0, 0.1) is 16.0 Å². The summed E-state index contributed by atoms with van der Waals surface area (Å²) in [7, 11) is 1.52. The van der Waals surface area contributed by atoms with Crippen LogP contribution in [0.2, 0.25) is 5.02 Å². The fraction of sp³-hybridized carbons (Fsp3) is 0.211. The summed E-state index contributed by atoms with van der Waals surface area (Å²) in [6.07, 6.45) is -0.101. The summed E-state index contributed by atoms with van der Waals surface area (Å²) in [4.78, 5) is 48.3. The van der Waals surface area contributed by atoms with E-state index in [1.807, 2.05) is 0 Å². The number of benzene rings is 2. The number of carbonyl (C=O) groups excluding carboxylic acids is 3. The first kappa shape index (κ1) is 19.5. The van der Waals surface area contributed by atoms with Crippen molar-refractivity contribution in [3.8, 4) is 5.75 Å². The van der Waals surface area contributed by atoms with E-state index in [0.29, 0.717) is 11.3 Å². The number of carbonyl (C=O) groups is 3. The van der Waals surface area contributed by atoms with Crippen LogP contribution in [0.15, 0.2) is 42.5 Å². The summed E-state index contributed by atoms with van der Waals surface area (Å²) in [6.45, 7) is 0. The highest BCUT2D eigenvalue weighted by molar-refractivity contribution is 6.31. The number of ether oxygens (including phenoxy) is 1. The lowest BCUT2D eigenvalue weighted by Gasteiger charge is -2.27. The van der Waals surface area contributed by atoms with Crippen molar-refractivity contribution in [3.05, 3.63) is 68.7 Å². The van der Waals surface area contributed by atoms with Crippen molar-refractivity contribution >= 4 is 34.8 Å². The summed E-state index contributed by atoms with van der Waals surface area (Å²) in [5.41, 5.74) is -0.188. The molecule has 1 heterocycles. The number of nitro groups is 1. The van der Waals surface area contributed by atoms with E-state index < -0.39 is 40.0 Å². The van der Waals surface area contributed by atoms with E-state index in [0.717, 1.165) is 12.1 Å². The molecule has 144 valence electrons. The molecule has 1 amide bonds. The maximum Gasteiger partial charge on any atom is 0.281 e. The number of piperidine rings is 1. The van der Waals surface area contributed by atoms with Gasteiger partial charge in [-0.05, 0) is 29.8 Å². The molecule has 0 spiro atoms. The summed E-state index contributed by atoms with van der Waals surface area (Å²) in [5, 5.41) is 13.9. The van der Waals surface area contributed by atoms with Crippen LogP contribution in [0.1, 0.15) is 28.4 Å². The van der Waals surface area contributed by atoms with Gasteiger partial charge in [-0.2, -0.15) is 0 Å². The molecule has 0 saturated carbocycles. The maximum absolute atomic E-state index is 12.7. The van der Waals surface area contributed by atoms with Crippen LogP contribution in [0.3, 0.4) is 0 Å². The number of nitrogens with one attached hydrogen (secondary N) is 1. The largest absolute Gasteiger partial charge is 0.497 e. The number of nitrogens with zero attached hydrogens (tertiary/aromatic N) is 1. The zero-order chi connectivity index (χ0) is 20.4. The Morgan fingerprint density at radius 2 is 1.89 bits per heavy atom. The van der Waals surface area contributed by atoms with Gasteiger partial charge in [0.1, 0.15) is 5.75 Å². The first-order valence-corrected chi connectivity index (χ1v) is 8.65. The molecule has 28 heavy (non-hydrogen) atoms. The molecule has 0 radical (unpaired) electrons. The van der Waals surface area contributed by atoms with Crippen molar-refractivity contribution in [2.45, 2.75) is 12.5 Å². The van der Waals surface area contributed by atoms with Crippen LogP contribution in [0.5, 0.6) is 5.75 Å². The molecular weight excluding hydrogens is 388 g/mol. The summed E-state index contributed by atoms with van der Waals surface area (Å²) < 4.78 is 5.07. The number of nitro benzene ring substituents is 1. The van der Waals surface area contributed by atoms with Crippen LogP contribution in [0.25, 0.3) is 0 Å². The minimum absolute atomic E-state index is 0.0715. The van der Waals surface area contributed by atoms with E-state index in [1.54, 1.807) is 24.3 Å². The molecule has 2 unspecified atom stereocenters. The van der Waals surface area contributed by atoms with E-state index in [-0.39, 0.29) is 17.0 Å². The van der Waals surface area contributed by atoms with Crippen molar-refractivity contribution in [2.75, 3.05) is 7.11 Å². The lowest BCUT2D eigenvalue weighted by molar-refractivity contribution is -0.385. The Kier molecular flexibility index (Phi) is 5.41. The monoisotopic (exact) mass is 402 g/mol. The van der Waals surface area contributed by atoms with Gasteiger partial charge in [0.15, 0.2) is 17.5 Å². The second kappa shape index (κ2) is 7.77. The number of amides is 1. The highest BCUT2D eigenvalue weighted by atomic mass is 35.5. The number of Topliss-reactive ketones (excluding diaryl/α,β-unsaturated/α-hetero) is 2. The molecule has 0 aliphatic carbocycles. The van der Waals surface area contributed by atoms with Crippen LogP contribution in [-0.2, 0) is 9.59 Å². The molecular formula is C19H15ClN2O6. The highest BCUT2D eigenvalue weighted by Crippen LogP contribution is 2.30. The van der Waals surface area contributed by atoms with Gasteiger partial charge in [0.05, 0.1) is 23.6 Å². The number of hydrogen-bond donors (Lipinski definition) is 1. The molecule has 2 aromatic carbocycles. The number of rotatable bonds is 5. The SMILES string of the molecule is COc1ccc(C2CC(=O)C(C(=O)c3ccc(Cl)cc3[N+](=O)[O-])C(=O)N2)cc1. The summed E-state index contributed by atoms with van der Waals surface area (Å²) in [6, 6.07) is 9.69. The van der Waals surface area contributed by atoms with Gasteiger partial charge in [0.25, 0.3) is 5.69 Å². The van der Waals surface area contributed by atoms with Crippen molar-refractivity contribution in [1.29, 1.82) is 0 Å². The number of hydrogen-bond acceptors (Lipinski definition) is 6. The Hall–Kier alpha value is -3.26. The van der Waals surface area contributed by atoms with Gasteiger partial charge in [-0.25, -0.2) is 0 Å². The molecule has 1 aliphatic heterocycles. The normalized spacial score (nSPS) is 19.1. The first-order chi connectivity index (χ1) is 13.3. The highest BCUT2D eigenvalue weighted by Gasteiger charge is 2.42. The second-order valence-electron chi connectivity index (χ2n) is 6.22. The number of halogens is 1. The predicted molar refractivity (Wildman–Crippen MR) is 99.4 cm³/mol. The quantitative estimate of drug-likeness (QED) is 0.356. The molecule has 1 N–H and O–H groups in total. The van der Waals surface area contributed by atoms with Gasteiger partial charge < -0.3 is 10.1 Å². The zero-order valence-corrected chi connectivity index (χ0v) is 15.4. The number of ketones is 2. The Balaban J connectivity index is 1.85. The van der Waals surface area contributed by atoms with E-state index >= 15 is 0 Å². The minimum Gasteiger partial charge on any atom is -0.497 e. The average Bonchev–Trinajstić information content (AvgIpc) is 2.67. The molecule has 9 heteroatoms. The van der Waals surface area contributed by atoms with E-state index in [4.69, 9.17) is 16.3 Å². The van der Waals surface area contributed by atoms with Gasteiger partial charge in [0, 0.05) is 17.5 Å². The topological polar surface area (TPSA) is 116 Å². The Morgan fingerprint density at radius 3 is 2.46 bits per heavy atom. The van der Waals surface area contributed by atoms with Gasteiger partial charge >= 0.3 is 0 Å². The molecule has 2 atom stereocenters. The second-order valence-corrected chi connectivity index (χ2v) is 6.66. The van der Waals surface area contributed by atoms with E-state index in [9.17, 15) is 24.5 Å². The lowest BCUT2D eigenvalue weighted by atomic mass is 9.84. The minimum atomic E-state index is -1.63. The van der Waals surface area contributed by atoms with Crippen molar-refractivity contribution in [2.24, 2.45) is 5.92 Å². The standard InChI is InChI=1S/C19H15ClN2O6/c1-28-12-5-2-10(3-6-12)14-9-16(23)17(19(25)21-14)18(24)13-7-4-11(20)8-15(13)22(26)27/h2-8,14,17H,9H2,1H3,(H,21,25). The third-order valence-corrected chi connectivity index (χ3v) is 4.74. The predicted octanol–water partition coefficient (Wildman–Crippen LogP) is 2.89. The third-order valence-electron chi connectivity index (χ3n) is 4.51.